The van der Waals surface area contributed by atoms with Gasteiger partial charge in [-0.3, -0.25) is 4.79 Å². The Labute approximate surface area is 149 Å². The maximum absolute atomic E-state index is 11.9. The summed E-state index contributed by atoms with van der Waals surface area (Å²) in [5.74, 6) is 0.723. The molecule has 1 saturated heterocycles. The van der Waals surface area contributed by atoms with Crippen molar-refractivity contribution in [3.05, 3.63) is 47.8 Å². The van der Waals surface area contributed by atoms with Crippen molar-refractivity contribution in [2.75, 3.05) is 19.8 Å². The number of aromatic nitrogens is 2. The SMILES string of the molecule is Cc1nn(-c2ccccc2)cc1CCCNC(=O)CC[C@@H]1CCOC1. The molecule has 1 aliphatic heterocycles. The minimum atomic E-state index is 0.156. The van der Waals surface area contributed by atoms with Gasteiger partial charge in [-0.15, -0.1) is 0 Å². The fourth-order valence-electron chi connectivity index (χ4n) is 3.20. The Balaban J connectivity index is 1.38. The molecule has 0 bridgehead atoms. The third-order valence-electron chi connectivity index (χ3n) is 4.77. The zero-order chi connectivity index (χ0) is 17.5. The van der Waals surface area contributed by atoms with Gasteiger partial charge in [0.05, 0.1) is 11.4 Å². The second-order valence-electron chi connectivity index (χ2n) is 6.74. The van der Waals surface area contributed by atoms with Crippen LogP contribution in [-0.4, -0.2) is 35.4 Å². The van der Waals surface area contributed by atoms with E-state index in [0.29, 0.717) is 12.3 Å². The number of carbonyl (C=O) groups is 1. The number of hydrogen-bond acceptors (Lipinski definition) is 3. The summed E-state index contributed by atoms with van der Waals surface area (Å²) in [4.78, 5) is 11.9. The average Bonchev–Trinajstić information content (AvgIpc) is 3.28. The maximum atomic E-state index is 11.9. The van der Waals surface area contributed by atoms with E-state index in [1.54, 1.807) is 0 Å². The molecule has 5 nitrogen and oxygen atoms in total. The summed E-state index contributed by atoms with van der Waals surface area (Å²) in [6.07, 6.45) is 6.59. The van der Waals surface area contributed by atoms with Gasteiger partial charge >= 0.3 is 0 Å². The van der Waals surface area contributed by atoms with Crippen LogP contribution >= 0.6 is 0 Å². The molecule has 2 aromatic rings. The molecule has 1 atom stereocenters. The first-order valence-corrected chi connectivity index (χ1v) is 9.17. The molecular weight excluding hydrogens is 314 g/mol. The molecule has 1 aromatic heterocycles. The van der Waals surface area contributed by atoms with Crippen molar-refractivity contribution in [1.82, 2.24) is 15.1 Å². The van der Waals surface area contributed by atoms with Gasteiger partial charge in [0, 0.05) is 32.4 Å². The monoisotopic (exact) mass is 341 g/mol. The van der Waals surface area contributed by atoms with Crippen LogP contribution in [0, 0.1) is 12.8 Å². The molecule has 3 rings (SSSR count). The highest BCUT2D eigenvalue weighted by Crippen LogP contribution is 2.17. The summed E-state index contributed by atoms with van der Waals surface area (Å²) in [5.41, 5.74) is 3.36. The number of ether oxygens (including phenoxy) is 1. The Morgan fingerprint density at radius 2 is 2.20 bits per heavy atom. The molecule has 0 radical (unpaired) electrons. The van der Waals surface area contributed by atoms with Crippen molar-refractivity contribution in [2.45, 2.75) is 39.0 Å². The Morgan fingerprint density at radius 1 is 1.36 bits per heavy atom. The van der Waals surface area contributed by atoms with Gasteiger partial charge in [-0.1, -0.05) is 18.2 Å². The van der Waals surface area contributed by atoms with Crippen molar-refractivity contribution >= 4 is 5.91 Å². The number of hydrogen-bond donors (Lipinski definition) is 1. The van der Waals surface area contributed by atoms with Gasteiger partial charge in [0.1, 0.15) is 0 Å². The molecule has 1 amide bonds. The van der Waals surface area contributed by atoms with E-state index in [0.717, 1.165) is 56.8 Å². The predicted molar refractivity (Wildman–Crippen MR) is 97.8 cm³/mol. The predicted octanol–water partition coefficient (Wildman–Crippen LogP) is 3.05. The highest BCUT2D eigenvalue weighted by molar-refractivity contribution is 5.75. The second-order valence-corrected chi connectivity index (χ2v) is 6.74. The first-order chi connectivity index (χ1) is 12.2. The maximum Gasteiger partial charge on any atom is 0.220 e. The zero-order valence-corrected chi connectivity index (χ0v) is 14.9. The van der Waals surface area contributed by atoms with Crippen LogP contribution in [0.25, 0.3) is 5.69 Å². The Kier molecular flexibility index (Phi) is 6.23. The lowest BCUT2D eigenvalue weighted by Crippen LogP contribution is -2.25. The van der Waals surface area contributed by atoms with Gasteiger partial charge < -0.3 is 10.1 Å². The molecule has 1 N–H and O–H groups in total. The highest BCUT2D eigenvalue weighted by atomic mass is 16.5. The van der Waals surface area contributed by atoms with E-state index in [9.17, 15) is 4.79 Å². The molecule has 134 valence electrons. The van der Waals surface area contributed by atoms with E-state index in [4.69, 9.17) is 4.74 Å². The first kappa shape index (κ1) is 17.7. The molecule has 1 aliphatic rings. The fraction of sp³-hybridized carbons (Fsp3) is 0.500. The summed E-state index contributed by atoms with van der Waals surface area (Å²) >= 11 is 0. The lowest BCUT2D eigenvalue weighted by molar-refractivity contribution is -0.121. The third-order valence-corrected chi connectivity index (χ3v) is 4.77. The summed E-state index contributed by atoms with van der Waals surface area (Å²) in [6, 6.07) is 10.1. The molecule has 25 heavy (non-hydrogen) atoms. The van der Waals surface area contributed by atoms with E-state index in [-0.39, 0.29) is 5.91 Å². The van der Waals surface area contributed by atoms with E-state index in [1.807, 2.05) is 41.9 Å². The number of benzene rings is 1. The van der Waals surface area contributed by atoms with Crippen molar-refractivity contribution in [1.29, 1.82) is 0 Å². The van der Waals surface area contributed by atoms with E-state index in [1.165, 1.54) is 5.56 Å². The minimum absolute atomic E-state index is 0.156. The quantitative estimate of drug-likeness (QED) is 0.751. The van der Waals surface area contributed by atoms with Gasteiger partial charge in [0.25, 0.3) is 0 Å². The van der Waals surface area contributed by atoms with Crippen LogP contribution < -0.4 is 5.32 Å². The van der Waals surface area contributed by atoms with Gasteiger partial charge in [0.2, 0.25) is 5.91 Å². The molecular formula is C20H27N3O2. The van der Waals surface area contributed by atoms with Crippen LogP contribution in [0.2, 0.25) is 0 Å². The molecule has 0 unspecified atom stereocenters. The number of amides is 1. The molecule has 5 heteroatoms. The summed E-state index contributed by atoms with van der Waals surface area (Å²) in [6.45, 7) is 4.42. The molecule has 0 saturated carbocycles. The highest BCUT2D eigenvalue weighted by Gasteiger charge is 2.16. The van der Waals surface area contributed by atoms with Crippen molar-refractivity contribution < 1.29 is 9.53 Å². The summed E-state index contributed by atoms with van der Waals surface area (Å²) in [5, 5.41) is 7.61. The number of carbonyl (C=O) groups excluding carboxylic acids is 1. The largest absolute Gasteiger partial charge is 0.381 e. The number of nitrogens with one attached hydrogen (secondary N) is 1. The second kappa shape index (κ2) is 8.81. The van der Waals surface area contributed by atoms with Crippen LogP contribution in [0.4, 0.5) is 0 Å². The number of nitrogens with zero attached hydrogens (tertiary/aromatic N) is 2. The van der Waals surface area contributed by atoms with Gasteiger partial charge in [0.15, 0.2) is 0 Å². The van der Waals surface area contributed by atoms with E-state index >= 15 is 0 Å². The van der Waals surface area contributed by atoms with E-state index < -0.39 is 0 Å². The van der Waals surface area contributed by atoms with Crippen molar-refractivity contribution in [3.8, 4) is 5.69 Å². The third kappa shape index (κ3) is 5.16. The van der Waals surface area contributed by atoms with Crippen molar-refractivity contribution in [2.24, 2.45) is 5.92 Å². The number of rotatable bonds is 8. The topological polar surface area (TPSA) is 56.2 Å². The molecule has 0 spiro atoms. The van der Waals surface area contributed by atoms with Gasteiger partial charge in [-0.25, -0.2) is 4.68 Å². The lowest BCUT2D eigenvalue weighted by Gasteiger charge is -2.08. The molecule has 1 aromatic carbocycles. The zero-order valence-electron chi connectivity index (χ0n) is 14.9. The normalized spacial score (nSPS) is 16.9. The lowest BCUT2D eigenvalue weighted by atomic mass is 10.0. The van der Waals surface area contributed by atoms with Gasteiger partial charge in [-0.2, -0.15) is 5.10 Å². The molecule has 2 heterocycles. The van der Waals surface area contributed by atoms with E-state index in [2.05, 4.69) is 16.6 Å². The average molecular weight is 341 g/mol. The Morgan fingerprint density at radius 3 is 2.96 bits per heavy atom. The minimum Gasteiger partial charge on any atom is -0.381 e. The van der Waals surface area contributed by atoms with Crippen LogP contribution in [0.1, 0.15) is 36.9 Å². The first-order valence-electron chi connectivity index (χ1n) is 9.17. The Bertz CT molecular complexity index is 676. The smallest absolute Gasteiger partial charge is 0.220 e. The van der Waals surface area contributed by atoms with Crippen LogP contribution in [0.5, 0.6) is 0 Å². The number of aryl methyl sites for hydroxylation is 2. The standard InChI is InChI=1S/C20H27N3O2/c1-16-18(14-23(22-16)19-7-3-2-4-8-19)6-5-12-21-20(24)10-9-17-11-13-25-15-17/h2-4,7-8,14,17H,5-6,9-13,15H2,1H3,(H,21,24)/t17-/m1/s1. The Hall–Kier alpha value is -2.14. The fourth-order valence-corrected chi connectivity index (χ4v) is 3.20. The summed E-state index contributed by atoms with van der Waals surface area (Å²) < 4.78 is 7.27. The molecule has 0 aliphatic carbocycles. The van der Waals surface area contributed by atoms with Crippen molar-refractivity contribution in [3.63, 3.8) is 0 Å². The van der Waals surface area contributed by atoms with Crippen LogP contribution in [-0.2, 0) is 16.0 Å². The number of para-hydroxylation sites is 1. The van der Waals surface area contributed by atoms with Gasteiger partial charge in [-0.05, 0) is 56.2 Å². The molecule has 1 fully saturated rings. The van der Waals surface area contributed by atoms with Crippen LogP contribution in [0.3, 0.4) is 0 Å². The van der Waals surface area contributed by atoms with Crippen LogP contribution in [0.15, 0.2) is 36.5 Å². The summed E-state index contributed by atoms with van der Waals surface area (Å²) in [7, 11) is 0.